The number of rotatable bonds is 9. The van der Waals surface area contributed by atoms with Crippen LogP contribution in [0.1, 0.15) is 29.2 Å². The summed E-state index contributed by atoms with van der Waals surface area (Å²) in [5, 5.41) is 21.5. The Balaban J connectivity index is 1.56. The van der Waals surface area contributed by atoms with Crippen molar-refractivity contribution < 1.29 is 24.5 Å². The van der Waals surface area contributed by atoms with Gasteiger partial charge in [0.1, 0.15) is 23.6 Å². The molecule has 172 valence electrons. The summed E-state index contributed by atoms with van der Waals surface area (Å²) in [6.07, 6.45) is 1.64. The van der Waals surface area contributed by atoms with E-state index >= 15 is 0 Å². The van der Waals surface area contributed by atoms with Gasteiger partial charge in [-0.3, -0.25) is 10.1 Å². The number of methoxy groups -OCH3 is 1. The van der Waals surface area contributed by atoms with Crippen molar-refractivity contribution in [2.24, 2.45) is 0 Å². The van der Waals surface area contributed by atoms with E-state index in [4.69, 9.17) is 26.2 Å². The quantitative estimate of drug-likeness (QED) is 0.425. The molecule has 3 N–H and O–H groups in total. The van der Waals surface area contributed by atoms with Gasteiger partial charge in [0.05, 0.1) is 18.7 Å². The second-order valence-corrected chi connectivity index (χ2v) is 8.34. The molecule has 6 nitrogen and oxygen atoms in total. The number of nitrogens with one attached hydrogen (secondary N) is 1. The zero-order valence-electron chi connectivity index (χ0n) is 18.3. The average molecular weight is 468 g/mol. The van der Waals surface area contributed by atoms with E-state index in [0.717, 1.165) is 18.4 Å². The summed E-state index contributed by atoms with van der Waals surface area (Å²) < 4.78 is 11.8. The third kappa shape index (κ3) is 4.98. The highest BCUT2D eigenvalue weighted by atomic mass is 35.5. The number of hydrogen-bond acceptors (Lipinski definition) is 5. The van der Waals surface area contributed by atoms with Crippen molar-refractivity contribution in [3.05, 3.63) is 82.4 Å². The molecule has 0 aromatic heterocycles. The summed E-state index contributed by atoms with van der Waals surface area (Å²) in [5.41, 5.74) is 5.54. The van der Waals surface area contributed by atoms with Gasteiger partial charge in [0.25, 0.3) is 0 Å². The van der Waals surface area contributed by atoms with Gasteiger partial charge in [0, 0.05) is 18.2 Å². The average Bonchev–Trinajstić information content (AvgIpc) is 3.24. The predicted molar refractivity (Wildman–Crippen MR) is 127 cm³/mol. The lowest BCUT2D eigenvalue weighted by atomic mass is 9.97. The van der Waals surface area contributed by atoms with Crippen molar-refractivity contribution in [3.63, 3.8) is 0 Å². The van der Waals surface area contributed by atoms with Crippen LogP contribution in [0.15, 0.2) is 60.7 Å². The van der Waals surface area contributed by atoms with E-state index in [1.165, 1.54) is 23.8 Å². The monoisotopic (exact) mass is 467 g/mol. The van der Waals surface area contributed by atoms with Crippen molar-refractivity contribution in [2.45, 2.75) is 31.5 Å². The molecule has 7 heteroatoms. The van der Waals surface area contributed by atoms with Gasteiger partial charge in [0.15, 0.2) is 0 Å². The van der Waals surface area contributed by atoms with Crippen LogP contribution in [0.5, 0.6) is 11.5 Å². The molecule has 0 spiro atoms. The number of carboxylic acids is 1. The zero-order valence-corrected chi connectivity index (χ0v) is 19.0. The van der Waals surface area contributed by atoms with E-state index in [2.05, 4.69) is 35.6 Å². The SMILES string of the molecule is COc1cc(O[C@H]2CCc3c(-c4ccccc4)cccc32)c(Cl)cc1CN[C@@H](CO)C(=O)O. The number of ether oxygens (including phenoxy) is 2. The molecule has 0 saturated heterocycles. The van der Waals surface area contributed by atoms with Crippen LogP contribution in [-0.2, 0) is 17.8 Å². The van der Waals surface area contributed by atoms with Crippen molar-refractivity contribution in [2.75, 3.05) is 13.7 Å². The molecule has 1 aliphatic carbocycles. The highest BCUT2D eigenvalue weighted by molar-refractivity contribution is 6.32. The zero-order chi connectivity index (χ0) is 23.4. The molecule has 1 aliphatic rings. The van der Waals surface area contributed by atoms with Gasteiger partial charge in [-0.25, -0.2) is 0 Å². The minimum Gasteiger partial charge on any atom is -0.496 e. The van der Waals surface area contributed by atoms with E-state index in [1.807, 2.05) is 18.2 Å². The Morgan fingerprint density at radius 2 is 1.94 bits per heavy atom. The standard InChI is InChI=1S/C26H26ClNO5/c1-32-24-13-25(21(27)12-17(24)14-28-22(15-29)26(30)31)33-23-11-10-19-18(8-5-9-20(19)23)16-6-3-2-4-7-16/h2-9,12-13,22-23,28-29H,10-11,14-15H2,1H3,(H,30,31)/t22-,23-/m0/s1. The molecular formula is C26H26ClNO5. The number of halogens is 1. The number of benzene rings is 3. The molecule has 4 rings (SSSR count). The number of aliphatic hydroxyl groups excluding tert-OH is 1. The summed E-state index contributed by atoms with van der Waals surface area (Å²) in [6.45, 7) is -0.341. The Bertz CT molecular complexity index is 1140. The van der Waals surface area contributed by atoms with Crippen LogP contribution in [-0.4, -0.2) is 35.9 Å². The Hall–Kier alpha value is -3.06. The van der Waals surface area contributed by atoms with Gasteiger partial charge in [-0.1, -0.05) is 60.1 Å². The summed E-state index contributed by atoms with van der Waals surface area (Å²) in [7, 11) is 1.54. The topological polar surface area (TPSA) is 88.0 Å². The highest BCUT2D eigenvalue weighted by Gasteiger charge is 2.27. The van der Waals surface area contributed by atoms with Crippen molar-refractivity contribution in [1.29, 1.82) is 0 Å². The molecule has 0 fully saturated rings. The Morgan fingerprint density at radius 3 is 2.64 bits per heavy atom. The summed E-state index contributed by atoms with van der Waals surface area (Å²) >= 11 is 6.53. The van der Waals surface area contributed by atoms with E-state index in [1.54, 1.807) is 12.1 Å². The number of aliphatic carboxylic acids is 1. The van der Waals surface area contributed by atoms with E-state index in [0.29, 0.717) is 22.1 Å². The first-order chi connectivity index (χ1) is 16.0. The van der Waals surface area contributed by atoms with Crippen LogP contribution < -0.4 is 14.8 Å². The Kier molecular flexibility index (Phi) is 7.18. The molecule has 0 unspecified atom stereocenters. The molecule has 3 aromatic rings. The molecule has 0 radical (unpaired) electrons. The number of aliphatic hydroxyl groups is 1. The lowest BCUT2D eigenvalue weighted by Gasteiger charge is -2.19. The van der Waals surface area contributed by atoms with Gasteiger partial charge in [0.2, 0.25) is 0 Å². The van der Waals surface area contributed by atoms with Crippen LogP contribution in [0.25, 0.3) is 11.1 Å². The summed E-state index contributed by atoms with van der Waals surface area (Å²) in [4.78, 5) is 11.1. The van der Waals surface area contributed by atoms with Gasteiger partial charge in [-0.15, -0.1) is 0 Å². The Labute approximate surface area is 197 Å². The maximum absolute atomic E-state index is 11.1. The highest BCUT2D eigenvalue weighted by Crippen LogP contribution is 2.42. The van der Waals surface area contributed by atoms with Crippen LogP contribution in [0.3, 0.4) is 0 Å². The van der Waals surface area contributed by atoms with Crippen LogP contribution >= 0.6 is 11.6 Å². The fourth-order valence-electron chi connectivity index (χ4n) is 4.24. The van der Waals surface area contributed by atoms with Crippen molar-refractivity contribution in [1.82, 2.24) is 5.32 Å². The summed E-state index contributed by atoms with van der Waals surface area (Å²) in [5.74, 6) is -0.0882. The normalized spacial score (nSPS) is 15.7. The van der Waals surface area contributed by atoms with Crippen LogP contribution in [0.2, 0.25) is 5.02 Å². The number of hydrogen-bond donors (Lipinski definition) is 3. The van der Waals surface area contributed by atoms with Gasteiger partial charge in [-0.2, -0.15) is 0 Å². The van der Waals surface area contributed by atoms with Gasteiger partial charge >= 0.3 is 5.97 Å². The van der Waals surface area contributed by atoms with Crippen LogP contribution in [0, 0.1) is 0 Å². The fourth-order valence-corrected chi connectivity index (χ4v) is 4.47. The third-order valence-electron chi connectivity index (χ3n) is 5.92. The number of carbonyl (C=O) groups is 1. The number of carboxylic acid groups (broad SMARTS) is 1. The maximum atomic E-state index is 11.1. The molecule has 33 heavy (non-hydrogen) atoms. The van der Waals surface area contributed by atoms with Crippen LogP contribution in [0.4, 0.5) is 0 Å². The van der Waals surface area contributed by atoms with E-state index in [-0.39, 0.29) is 12.6 Å². The first-order valence-electron chi connectivity index (χ1n) is 10.8. The summed E-state index contributed by atoms with van der Waals surface area (Å²) in [6, 6.07) is 19.0. The predicted octanol–water partition coefficient (Wildman–Crippen LogP) is 4.62. The molecule has 3 aromatic carbocycles. The molecule has 0 heterocycles. The third-order valence-corrected chi connectivity index (χ3v) is 6.22. The van der Waals surface area contributed by atoms with Crippen molar-refractivity contribution in [3.8, 4) is 22.6 Å². The van der Waals surface area contributed by atoms with E-state index < -0.39 is 18.6 Å². The molecule has 0 aliphatic heterocycles. The molecule has 0 bridgehead atoms. The second kappa shape index (κ2) is 10.3. The minimum atomic E-state index is -1.13. The smallest absolute Gasteiger partial charge is 0.323 e. The largest absolute Gasteiger partial charge is 0.496 e. The molecule has 0 amide bonds. The van der Waals surface area contributed by atoms with Gasteiger partial charge < -0.3 is 19.7 Å². The first kappa shape index (κ1) is 23.1. The minimum absolute atomic E-state index is 0.124. The van der Waals surface area contributed by atoms with Crippen molar-refractivity contribution >= 4 is 17.6 Å². The molecule has 2 atom stereocenters. The van der Waals surface area contributed by atoms with Gasteiger partial charge in [-0.05, 0) is 41.2 Å². The first-order valence-corrected chi connectivity index (χ1v) is 11.2. The number of fused-ring (bicyclic) bond motifs is 1. The lowest BCUT2D eigenvalue weighted by molar-refractivity contribution is -0.140. The fraction of sp³-hybridized carbons (Fsp3) is 0.269. The Morgan fingerprint density at radius 1 is 1.15 bits per heavy atom. The maximum Gasteiger partial charge on any atom is 0.323 e. The molecule has 0 saturated carbocycles. The second-order valence-electron chi connectivity index (χ2n) is 7.93. The van der Waals surface area contributed by atoms with E-state index in [9.17, 15) is 9.90 Å². The molecular weight excluding hydrogens is 442 g/mol. The lowest BCUT2D eigenvalue weighted by Crippen LogP contribution is -2.39.